The third-order valence-electron chi connectivity index (χ3n) is 2.85. The molecule has 10 heteroatoms. The van der Waals surface area contributed by atoms with E-state index in [1.165, 1.54) is 24.3 Å². The van der Waals surface area contributed by atoms with Crippen molar-refractivity contribution in [3.8, 4) is 5.75 Å². The second kappa shape index (κ2) is 7.58. The summed E-state index contributed by atoms with van der Waals surface area (Å²) in [5.41, 5.74) is -0.0126. The van der Waals surface area contributed by atoms with Crippen molar-refractivity contribution in [3.05, 3.63) is 40.2 Å². The molecule has 0 aliphatic heterocycles. The molecule has 0 aliphatic carbocycles. The highest BCUT2D eigenvalue weighted by Crippen LogP contribution is 2.20. The average molecular weight is 338 g/mol. The van der Waals surface area contributed by atoms with Gasteiger partial charge in [0.15, 0.2) is 11.0 Å². The fourth-order valence-corrected chi connectivity index (χ4v) is 2.53. The zero-order valence-corrected chi connectivity index (χ0v) is 13.0. The summed E-state index contributed by atoms with van der Waals surface area (Å²) in [5, 5.41) is 27.7. The lowest BCUT2D eigenvalue weighted by molar-refractivity contribution is -0.384. The van der Waals surface area contributed by atoms with Crippen molar-refractivity contribution in [2.75, 3.05) is 5.75 Å². The molecule has 0 aliphatic rings. The maximum atomic E-state index is 10.6. The maximum Gasteiger partial charge on any atom is 0.313 e. The fraction of sp³-hybridized carbons (Fsp3) is 0.308. The number of non-ortho nitro benzene ring substituents is 1. The molecule has 122 valence electrons. The first-order chi connectivity index (χ1) is 11.0. The number of carboxylic acid groups (broad SMARTS) is 1. The van der Waals surface area contributed by atoms with E-state index in [9.17, 15) is 14.9 Å². The molecule has 23 heavy (non-hydrogen) atoms. The topological polar surface area (TPSA) is 120 Å². The molecule has 0 spiro atoms. The quantitative estimate of drug-likeness (QED) is 0.440. The molecule has 1 heterocycles. The number of rotatable bonds is 8. The van der Waals surface area contributed by atoms with Gasteiger partial charge in [-0.3, -0.25) is 14.9 Å². The van der Waals surface area contributed by atoms with Crippen LogP contribution in [0.1, 0.15) is 12.7 Å². The number of hydrogen-bond acceptors (Lipinski definition) is 7. The van der Waals surface area contributed by atoms with Crippen molar-refractivity contribution >= 4 is 23.4 Å². The number of aliphatic carboxylic acids is 1. The molecule has 0 saturated carbocycles. The third kappa shape index (κ3) is 4.42. The Bertz CT molecular complexity index is 701. The van der Waals surface area contributed by atoms with Crippen molar-refractivity contribution in [2.24, 2.45) is 0 Å². The first-order valence-corrected chi connectivity index (χ1v) is 7.63. The van der Waals surface area contributed by atoms with E-state index in [4.69, 9.17) is 9.84 Å². The minimum atomic E-state index is -0.927. The second-order valence-corrected chi connectivity index (χ2v) is 5.31. The Hall–Kier alpha value is -2.62. The monoisotopic (exact) mass is 338 g/mol. The number of thioether (sulfide) groups is 1. The molecule has 2 rings (SSSR count). The van der Waals surface area contributed by atoms with Gasteiger partial charge in [0.25, 0.3) is 5.69 Å². The summed E-state index contributed by atoms with van der Waals surface area (Å²) in [7, 11) is 0. The van der Waals surface area contributed by atoms with Gasteiger partial charge in [-0.2, -0.15) is 0 Å². The number of nitro groups is 1. The first-order valence-electron chi connectivity index (χ1n) is 6.65. The van der Waals surface area contributed by atoms with Gasteiger partial charge in [0.2, 0.25) is 0 Å². The molecule has 0 bridgehead atoms. The van der Waals surface area contributed by atoms with E-state index in [0.717, 1.165) is 11.8 Å². The summed E-state index contributed by atoms with van der Waals surface area (Å²) in [6.45, 7) is 2.60. The molecule has 0 saturated heterocycles. The Kier molecular flexibility index (Phi) is 5.52. The van der Waals surface area contributed by atoms with E-state index >= 15 is 0 Å². The number of nitro benzene ring substituents is 1. The zero-order valence-electron chi connectivity index (χ0n) is 12.2. The third-order valence-corrected chi connectivity index (χ3v) is 3.80. The molecule has 2 aromatic rings. The van der Waals surface area contributed by atoms with E-state index < -0.39 is 10.9 Å². The van der Waals surface area contributed by atoms with Crippen LogP contribution < -0.4 is 4.74 Å². The van der Waals surface area contributed by atoms with E-state index in [0.29, 0.717) is 23.3 Å². The normalized spacial score (nSPS) is 10.5. The van der Waals surface area contributed by atoms with Gasteiger partial charge in [0.1, 0.15) is 12.4 Å². The number of carbonyl (C=O) groups is 1. The van der Waals surface area contributed by atoms with E-state index in [1.807, 2.05) is 6.92 Å². The summed E-state index contributed by atoms with van der Waals surface area (Å²) in [6, 6.07) is 5.72. The van der Waals surface area contributed by atoms with Gasteiger partial charge in [0.05, 0.1) is 10.7 Å². The molecule has 9 nitrogen and oxygen atoms in total. The van der Waals surface area contributed by atoms with Crippen LogP contribution >= 0.6 is 11.8 Å². The molecular weight excluding hydrogens is 324 g/mol. The van der Waals surface area contributed by atoms with Crippen LogP contribution in [0, 0.1) is 10.1 Å². The average Bonchev–Trinajstić information content (AvgIpc) is 2.93. The van der Waals surface area contributed by atoms with Crippen LogP contribution in [0.15, 0.2) is 29.4 Å². The van der Waals surface area contributed by atoms with E-state index in [2.05, 4.69) is 10.2 Å². The lowest BCUT2D eigenvalue weighted by Gasteiger charge is -2.08. The van der Waals surface area contributed by atoms with Gasteiger partial charge < -0.3 is 14.4 Å². The number of hydrogen-bond donors (Lipinski definition) is 1. The molecule has 0 amide bonds. The predicted octanol–water partition coefficient (Wildman–Crippen LogP) is 1.96. The standard InChI is InChI=1S/C13H14N4O5S/c1-2-16-11(14-15-13(16)23-8-12(18)19)7-22-10-5-3-9(4-6-10)17(20)21/h3-6H,2,7-8H2,1H3,(H,18,19). The van der Waals surface area contributed by atoms with Crippen LogP contribution in [0.2, 0.25) is 0 Å². The smallest absolute Gasteiger partial charge is 0.313 e. The Balaban J connectivity index is 2.02. The highest BCUT2D eigenvalue weighted by molar-refractivity contribution is 7.99. The Labute approximate surface area is 135 Å². The Morgan fingerprint density at radius 3 is 2.65 bits per heavy atom. The summed E-state index contributed by atoms with van der Waals surface area (Å²) < 4.78 is 7.30. The molecule has 0 radical (unpaired) electrons. The molecule has 0 fully saturated rings. The van der Waals surface area contributed by atoms with Gasteiger partial charge in [-0.05, 0) is 19.1 Å². The number of ether oxygens (including phenoxy) is 1. The SMILES string of the molecule is CCn1c(COc2ccc([N+](=O)[O-])cc2)nnc1SCC(=O)O. The van der Waals surface area contributed by atoms with E-state index in [-0.39, 0.29) is 18.0 Å². The van der Waals surface area contributed by atoms with Crippen molar-refractivity contribution in [3.63, 3.8) is 0 Å². The van der Waals surface area contributed by atoms with Crippen LogP contribution in [-0.4, -0.2) is 36.5 Å². The molecule has 1 N–H and O–H groups in total. The van der Waals surface area contributed by atoms with Crippen LogP contribution in [0.25, 0.3) is 0 Å². The van der Waals surface area contributed by atoms with Crippen LogP contribution in [-0.2, 0) is 17.9 Å². The Morgan fingerprint density at radius 2 is 2.09 bits per heavy atom. The van der Waals surface area contributed by atoms with Crippen molar-refractivity contribution in [1.82, 2.24) is 14.8 Å². The fourth-order valence-electron chi connectivity index (χ4n) is 1.79. The molecule has 0 unspecified atom stereocenters. The van der Waals surface area contributed by atoms with E-state index in [1.54, 1.807) is 4.57 Å². The summed E-state index contributed by atoms with van der Waals surface area (Å²) in [4.78, 5) is 20.7. The van der Waals surface area contributed by atoms with Gasteiger partial charge in [0, 0.05) is 18.7 Å². The second-order valence-electron chi connectivity index (χ2n) is 4.37. The zero-order chi connectivity index (χ0) is 16.8. The molecular formula is C13H14N4O5S. The minimum Gasteiger partial charge on any atom is -0.486 e. The summed E-state index contributed by atoms with van der Waals surface area (Å²) in [5.74, 6) is 0.00510. The first kappa shape index (κ1) is 16.7. The van der Waals surface area contributed by atoms with Crippen LogP contribution in [0.4, 0.5) is 5.69 Å². The van der Waals surface area contributed by atoms with Gasteiger partial charge in [-0.1, -0.05) is 11.8 Å². The highest BCUT2D eigenvalue weighted by Gasteiger charge is 2.13. The number of aromatic nitrogens is 3. The lowest BCUT2D eigenvalue weighted by atomic mass is 10.3. The van der Waals surface area contributed by atoms with Crippen molar-refractivity contribution in [1.29, 1.82) is 0 Å². The predicted molar refractivity (Wildman–Crippen MR) is 81.5 cm³/mol. The van der Waals surface area contributed by atoms with Crippen molar-refractivity contribution in [2.45, 2.75) is 25.2 Å². The number of nitrogens with zero attached hydrogens (tertiary/aromatic N) is 4. The minimum absolute atomic E-state index is 0.0126. The highest BCUT2D eigenvalue weighted by atomic mass is 32.2. The van der Waals surface area contributed by atoms with Gasteiger partial charge in [-0.25, -0.2) is 0 Å². The Morgan fingerprint density at radius 1 is 1.39 bits per heavy atom. The largest absolute Gasteiger partial charge is 0.486 e. The lowest BCUT2D eigenvalue weighted by Crippen LogP contribution is -2.08. The van der Waals surface area contributed by atoms with Crippen LogP contribution in [0.5, 0.6) is 5.75 Å². The van der Waals surface area contributed by atoms with Gasteiger partial charge >= 0.3 is 5.97 Å². The van der Waals surface area contributed by atoms with Crippen molar-refractivity contribution < 1.29 is 19.6 Å². The summed E-state index contributed by atoms with van der Waals surface area (Å²) in [6.07, 6.45) is 0. The summed E-state index contributed by atoms with van der Waals surface area (Å²) >= 11 is 1.09. The molecule has 1 aromatic heterocycles. The number of carboxylic acids is 1. The molecule has 1 aromatic carbocycles. The number of benzene rings is 1. The molecule has 0 atom stereocenters. The van der Waals surface area contributed by atoms with Crippen LogP contribution in [0.3, 0.4) is 0 Å². The maximum absolute atomic E-state index is 10.6. The van der Waals surface area contributed by atoms with Gasteiger partial charge in [-0.15, -0.1) is 10.2 Å².